The Morgan fingerprint density at radius 1 is 1.57 bits per heavy atom. The van der Waals surface area contributed by atoms with Crippen LogP contribution >= 0.6 is 0 Å². The topological polar surface area (TPSA) is 62.5 Å². The van der Waals surface area contributed by atoms with Gasteiger partial charge in [0.1, 0.15) is 5.76 Å². The van der Waals surface area contributed by atoms with Crippen LogP contribution in [0.2, 0.25) is 0 Å². The van der Waals surface area contributed by atoms with Crippen LogP contribution in [0.25, 0.3) is 0 Å². The average Bonchev–Trinajstić information content (AvgIpc) is 2.66. The third kappa shape index (κ3) is 2.88. The molecule has 1 aromatic rings. The molecule has 4 nitrogen and oxygen atoms in total. The van der Waals surface area contributed by atoms with E-state index in [1.165, 1.54) is 0 Å². The second-order valence-corrected chi connectivity index (χ2v) is 2.95. The Labute approximate surface area is 82.9 Å². The van der Waals surface area contributed by atoms with E-state index in [-0.39, 0.29) is 12.5 Å². The number of furan rings is 1. The molecule has 0 atom stereocenters. The summed E-state index contributed by atoms with van der Waals surface area (Å²) in [6, 6.07) is 3.45. The summed E-state index contributed by atoms with van der Waals surface area (Å²) in [5.74, 6) is 0.912. The standard InChI is InChI=1S/C10H15NO3/c1-2-8-4-5-9(14-8)10(13)11-6-3-7-12/h4-5,12H,2-3,6-7H2,1H3,(H,11,13). The average molecular weight is 197 g/mol. The number of aliphatic hydroxyl groups is 1. The first-order valence-corrected chi connectivity index (χ1v) is 4.75. The van der Waals surface area contributed by atoms with E-state index in [9.17, 15) is 4.79 Å². The van der Waals surface area contributed by atoms with Crippen LogP contribution in [0.5, 0.6) is 0 Å². The highest BCUT2D eigenvalue weighted by molar-refractivity contribution is 5.91. The van der Waals surface area contributed by atoms with Gasteiger partial charge in [0, 0.05) is 19.6 Å². The zero-order chi connectivity index (χ0) is 10.4. The second kappa shape index (κ2) is 5.44. The van der Waals surface area contributed by atoms with Crippen molar-refractivity contribution in [1.29, 1.82) is 0 Å². The summed E-state index contributed by atoms with van der Waals surface area (Å²) in [5, 5.41) is 11.2. The highest BCUT2D eigenvalue weighted by Crippen LogP contribution is 2.07. The van der Waals surface area contributed by atoms with Crippen LogP contribution in [0.15, 0.2) is 16.5 Å². The first-order chi connectivity index (χ1) is 6.77. The summed E-state index contributed by atoms with van der Waals surface area (Å²) in [6.45, 7) is 2.52. The third-order valence-corrected chi connectivity index (χ3v) is 1.85. The molecular weight excluding hydrogens is 182 g/mol. The molecule has 0 saturated heterocycles. The van der Waals surface area contributed by atoms with E-state index in [1.807, 2.05) is 6.92 Å². The number of carbonyl (C=O) groups is 1. The maximum atomic E-state index is 11.4. The van der Waals surface area contributed by atoms with Crippen LogP contribution in [0, 0.1) is 0 Å². The first kappa shape index (κ1) is 10.8. The van der Waals surface area contributed by atoms with Crippen molar-refractivity contribution in [3.8, 4) is 0 Å². The van der Waals surface area contributed by atoms with Gasteiger partial charge in [-0.25, -0.2) is 0 Å². The van der Waals surface area contributed by atoms with Crippen molar-refractivity contribution in [3.05, 3.63) is 23.7 Å². The van der Waals surface area contributed by atoms with Crippen LogP contribution in [-0.4, -0.2) is 24.2 Å². The Kier molecular flexibility index (Phi) is 4.19. The molecule has 0 radical (unpaired) electrons. The van der Waals surface area contributed by atoms with E-state index in [2.05, 4.69) is 5.32 Å². The third-order valence-electron chi connectivity index (χ3n) is 1.85. The monoisotopic (exact) mass is 197 g/mol. The van der Waals surface area contributed by atoms with Gasteiger partial charge in [0.15, 0.2) is 5.76 Å². The lowest BCUT2D eigenvalue weighted by Crippen LogP contribution is -2.24. The fourth-order valence-electron chi connectivity index (χ4n) is 1.06. The predicted octanol–water partition coefficient (Wildman–Crippen LogP) is 0.954. The maximum Gasteiger partial charge on any atom is 0.286 e. The van der Waals surface area contributed by atoms with Crippen molar-refractivity contribution in [1.82, 2.24) is 5.32 Å². The maximum absolute atomic E-state index is 11.4. The molecule has 4 heteroatoms. The number of nitrogens with one attached hydrogen (secondary N) is 1. The van der Waals surface area contributed by atoms with Gasteiger partial charge in [-0.1, -0.05) is 6.92 Å². The predicted molar refractivity (Wildman–Crippen MR) is 52.1 cm³/mol. The minimum atomic E-state index is -0.224. The molecule has 14 heavy (non-hydrogen) atoms. The second-order valence-electron chi connectivity index (χ2n) is 2.95. The number of hydrogen-bond donors (Lipinski definition) is 2. The smallest absolute Gasteiger partial charge is 0.286 e. The van der Waals surface area contributed by atoms with Crippen LogP contribution in [0.4, 0.5) is 0 Å². The van der Waals surface area contributed by atoms with Crippen molar-refractivity contribution in [3.63, 3.8) is 0 Å². The molecule has 1 heterocycles. The largest absolute Gasteiger partial charge is 0.456 e. The molecule has 2 N–H and O–H groups in total. The summed E-state index contributed by atoms with van der Waals surface area (Å²) in [5.41, 5.74) is 0. The van der Waals surface area contributed by atoms with Crippen molar-refractivity contribution >= 4 is 5.91 Å². The molecule has 1 rings (SSSR count). The van der Waals surface area contributed by atoms with Crippen LogP contribution < -0.4 is 5.32 Å². The normalized spacial score (nSPS) is 10.1. The fourth-order valence-corrected chi connectivity index (χ4v) is 1.06. The Bertz CT molecular complexity index is 293. The quantitative estimate of drug-likeness (QED) is 0.691. The van der Waals surface area contributed by atoms with Gasteiger partial charge in [-0.3, -0.25) is 4.79 Å². The molecule has 0 aromatic carbocycles. The summed E-state index contributed by atoms with van der Waals surface area (Å²) >= 11 is 0. The number of aliphatic hydroxyl groups excluding tert-OH is 1. The van der Waals surface area contributed by atoms with Crippen molar-refractivity contribution < 1.29 is 14.3 Å². The number of rotatable bonds is 5. The van der Waals surface area contributed by atoms with Gasteiger partial charge < -0.3 is 14.8 Å². The van der Waals surface area contributed by atoms with E-state index in [1.54, 1.807) is 12.1 Å². The number of amides is 1. The van der Waals surface area contributed by atoms with Gasteiger partial charge >= 0.3 is 0 Å². The Hall–Kier alpha value is -1.29. The van der Waals surface area contributed by atoms with Crippen LogP contribution in [-0.2, 0) is 6.42 Å². The zero-order valence-electron chi connectivity index (χ0n) is 8.25. The molecular formula is C10H15NO3. The van der Waals surface area contributed by atoms with Gasteiger partial charge in [0.2, 0.25) is 0 Å². The molecule has 0 aliphatic rings. The number of carbonyl (C=O) groups excluding carboxylic acids is 1. The first-order valence-electron chi connectivity index (χ1n) is 4.75. The van der Waals surface area contributed by atoms with Crippen molar-refractivity contribution in [2.24, 2.45) is 0 Å². The highest BCUT2D eigenvalue weighted by atomic mass is 16.3. The van der Waals surface area contributed by atoms with Crippen molar-refractivity contribution in [2.75, 3.05) is 13.2 Å². The van der Waals surface area contributed by atoms with Gasteiger partial charge in [-0.05, 0) is 18.6 Å². The summed E-state index contributed by atoms with van der Waals surface area (Å²) in [4.78, 5) is 11.4. The minimum Gasteiger partial charge on any atom is -0.456 e. The van der Waals surface area contributed by atoms with Crippen LogP contribution in [0.1, 0.15) is 29.7 Å². The molecule has 0 bridgehead atoms. The molecule has 0 unspecified atom stereocenters. The summed E-state index contributed by atoms with van der Waals surface area (Å²) < 4.78 is 5.25. The Morgan fingerprint density at radius 2 is 2.36 bits per heavy atom. The van der Waals surface area contributed by atoms with Gasteiger partial charge in [0.25, 0.3) is 5.91 Å². The van der Waals surface area contributed by atoms with E-state index in [4.69, 9.17) is 9.52 Å². The molecule has 1 aromatic heterocycles. The molecule has 78 valence electrons. The molecule has 0 spiro atoms. The summed E-state index contributed by atoms with van der Waals surface area (Å²) in [6.07, 6.45) is 1.34. The number of hydrogen-bond acceptors (Lipinski definition) is 3. The van der Waals surface area contributed by atoms with Gasteiger partial charge in [-0.15, -0.1) is 0 Å². The van der Waals surface area contributed by atoms with E-state index < -0.39 is 0 Å². The SMILES string of the molecule is CCc1ccc(C(=O)NCCCO)o1. The lowest BCUT2D eigenvalue weighted by atomic mass is 10.3. The molecule has 0 fully saturated rings. The highest BCUT2D eigenvalue weighted by Gasteiger charge is 2.08. The lowest BCUT2D eigenvalue weighted by molar-refractivity contribution is 0.0922. The van der Waals surface area contributed by atoms with E-state index >= 15 is 0 Å². The molecule has 0 saturated carbocycles. The number of aryl methyl sites for hydroxylation is 1. The molecule has 0 aliphatic heterocycles. The fraction of sp³-hybridized carbons (Fsp3) is 0.500. The minimum absolute atomic E-state index is 0.0820. The lowest BCUT2D eigenvalue weighted by Gasteiger charge is -2.00. The van der Waals surface area contributed by atoms with Gasteiger partial charge in [-0.2, -0.15) is 0 Å². The van der Waals surface area contributed by atoms with Crippen molar-refractivity contribution in [2.45, 2.75) is 19.8 Å². The van der Waals surface area contributed by atoms with E-state index in [0.717, 1.165) is 12.2 Å². The summed E-state index contributed by atoms with van der Waals surface area (Å²) in [7, 11) is 0. The molecule has 0 aliphatic carbocycles. The van der Waals surface area contributed by atoms with Gasteiger partial charge in [0.05, 0.1) is 0 Å². The Morgan fingerprint density at radius 3 is 2.93 bits per heavy atom. The van der Waals surface area contributed by atoms with Crippen LogP contribution in [0.3, 0.4) is 0 Å². The molecule has 1 amide bonds. The van der Waals surface area contributed by atoms with E-state index in [0.29, 0.717) is 18.7 Å². The Balaban J connectivity index is 2.44. The zero-order valence-corrected chi connectivity index (χ0v) is 8.25.